The Kier molecular flexibility index (Phi) is 5.16. The second kappa shape index (κ2) is 7.60. The van der Waals surface area contributed by atoms with E-state index in [-0.39, 0.29) is 6.04 Å². The first-order valence-corrected chi connectivity index (χ1v) is 10.5. The summed E-state index contributed by atoms with van der Waals surface area (Å²) in [5, 5.41) is 8.05. The molecule has 1 saturated heterocycles. The molecule has 10 heteroatoms. The standard InChI is InChI=1S/C18H22N5O4P/c1-12-11-27-9-8-23(12)16-10-15(28(24,25-2)26-3)13-4-6-19-18(17(13)21-16)14-5-7-20-22-14/h4-7,10,12H,8-9,11H2,1-3H3,(H,20,22)/t12-/m1/s1. The van der Waals surface area contributed by atoms with Crippen molar-refractivity contribution in [2.75, 3.05) is 38.9 Å². The lowest BCUT2D eigenvalue weighted by atomic mass is 10.1. The minimum atomic E-state index is -3.53. The summed E-state index contributed by atoms with van der Waals surface area (Å²) < 4.78 is 29.5. The highest BCUT2D eigenvalue weighted by Crippen LogP contribution is 2.48. The molecule has 148 valence electrons. The summed E-state index contributed by atoms with van der Waals surface area (Å²) in [5.74, 6) is 0.682. The molecule has 3 aromatic rings. The average Bonchev–Trinajstić information content (AvgIpc) is 3.27. The number of anilines is 1. The highest BCUT2D eigenvalue weighted by Gasteiger charge is 2.31. The van der Waals surface area contributed by atoms with Crippen LogP contribution < -0.4 is 10.2 Å². The van der Waals surface area contributed by atoms with Gasteiger partial charge >= 0.3 is 7.60 Å². The van der Waals surface area contributed by atoms with Gasteiger partial charge < -0.3 is 18.7 Å². The maximum Gasteiger partial charge on any atom is 0.361 e. The van der Waals surface area contributed by atoms with Gasteiger partial charge in [0.05, 0.1) is 30.3 Å². The van der Waals surface area contributed by atoms with Gasteiger partial charge in [-0.2, -0.15) is 5.10 Å². The molecule has 3 aromatic heterocycles. The molecule has 1 aliphatic rings. The van der Waals surface area contributed by atoms with Crippen molar-refractivity contribution in [2.45, 2.75) is 13.0 Å². The smallest absolute Gasteiger partial charge is 0.361 e. The Hall–Kier alpha value is -2.32. The number of hydrogen-bond acceptors (Lipinski definition) is 8. The third kappa shape index (κ3) is 3.20. The second-order valence-electron chi connectivity index (χ2n) is 6.51. The maximum atomic E-state index is 13.3. The summed E-state index contributed by atoms with van der Waals surface area (Å²) in [4.78, 5) is 11.5. The lowest BCUT2D eigenvalue weighted by Crippen LogP contribution is -2.44. The number of ether oxygens (including phenoxy) is 1. The van der Waals surface area contributed by atoms with Crippen LogP contribution in [0.25, 0.3) is 22.3 Å². The van der Waals surface area contributed by atoms with Crippen LogP contribution in [0.4, 0.5) is 5.82 Å². The molecule has 28 heavy (non-hydrogen) atoms. The van der Waals surface area contributed by atoms with Crippen LogP contribution in [0.15, 0.2) is 30.6 Å². The Bertz CT molecular complexity index is 1020. The molecule has 0 aliphatic carbocycles. The zero-order valence-electron chi connectivity index (χ0n) is 16.0. The fraction of sp³-hybridized carbons (Fsp3) is 0.389. The molecule has 0 saturated carbocycles. The number of rotatable bonds is 5. The van der Waals surface area contributed by atoms with E-state index >= 15 is 0 Å². The van der Waals surface area contributed by atoms with E-state index in [1.165, 1.54) is 14.2 Å². The Labute approximate surface area is 162 Å². The van der Waals surface area contributed by atoms with Gasteiger partial charge in [-0.3, -0.25) is 14.6 Å². The first kappa shape index (κ1) is 19.0. The van der Waals surface area contributed by atoms with Crippen LogP contribution in [-0.4, -0.2) is 60.2 Å². The molecule has 0 amide bonds. The quantitative estimate of drug-likeness (QED) is 0.648. The van der Waals surface area contributed by atoms with Crippen molar-refractivity contribution in [3.05, 3.63) is 30.6 Å². The van der Waals surface area contributed by atoms with Gasteiger partial charge in [0.2, 0.25) is 0 Å². The van der Waals surface area contributed by atoms with Gasteiger partial charge in [0, 0.05) is 38.5 Å². The number of nitrogens with one attached hydrogen (secondary N) is 1. The summed E-state index contributed by atoms with van der Waals surface area (Å²) >= 11 is 0. The number of morpholine rings is 1. The molecule has 0 spiro atoms. The van der Waals surface area contributed by atoms with Crippen LogP contribution >= 0.6 is 7.60 Å². The molecule has 0 radical (unpaired) electrons. The van der Waals surface area contributed by atoms with Crippen LogP contribution in [0.3, 0.4) is 0 Å². The summed E-state index contributed by atoms with van der Waals surface area (Å²) in [7, 11) is -0.766. The number of fused-ring (bicyclic) bond motifs is 1. The molecular weight excluding hydrogens is 381 g/mol. The largest absolute Gasteiger partial charge is 0.377 e. The molecule has 1 N–H and O–H groups in total. The molecule has 9 nitrogen and oxygen atoms in total. The van der Waals surface area contributed by atoms with E-state index in [0.717, 1.165) is 5.69 Å². The summed E-state index contributed by atoms with van der Waals surface area (Å²) in [6.45, 7) is 3.95. The zero-order valence-corrected chi connectivity index (χ0v) is 16.8. The van der Waals surface area contributed by atoms with Crippen LogP contribution in [-0.2, 0) is 18.3 Å². The highest BCUT2D eigenvalue weighted by molar-refractivity contribution is 7.62. The molecule has 0 unspecified atom stereocenters. The van der Waals surface area contributed by atoms with Crippen molar-refractivity contribution >= 4 is 29.6 Å². The van der Waals surface area contributed by atoms with Gasteiger partial charge in [-0.1, -0.05) is 0 Å². The minimum absolute atomic E-state index is 0.128. The van der Waals surface area contributed by atoms with Gasteiger partial charge in [0.25, 0.3) is 0 Å². The maximum absolute atomic E-state index is 13.3. The van der Waals surface area contributed by atoms with Gasteiger partial charge in [-0.15, -0.1) is 0 Å². The Morgan fingerprint density at radius 2 is 2.11 bits per heavy atom. The number of aromatic amines is 1. The predicted octanol–water partition coefficient (Wildman–Crippen LogP) is 2.36. The molecule has 0 aromatic carbocycles. The first-order chi connectivity index (χ1) is 13.6. The van der Waals surface area contributed by atoms with Crippen molar-refractivity contribution in [1.82, 2.24) is 20.2 Å². The van der Waals surface area contributed by atoms with Crippen molar-refractivity contribution in [1.29, 1.82) is 0 Å². The third-order valence-corrected chi connectivity index (χ3v) is 6.81. The van der Waals surface area contributed by atoms with Crippen molar-refractivity contribution < 1.29 is 18.3 Å². The van der Waals surface area contributed by atoms with Gasteiger partial charge in [-0.25, -0.2) is 4.98 Å². The first-order valence-electron chi connectivity index (χ1n) is 8.93. The Morgan fingerprint density at radius 3 is 2.79 bits per heavy atom. The SMILES string of the molecule is COP(=O)(OC)c1cc(N2CCOC[C@H]2C)nc2c(-c3ccn[nH]3)nccc12. The van der Waals surface area contributed by atoms with E-state index in [0.29, 0.717) is 47.5 Å². The summed E-state index contributed by atoms with van der Waals surface area (Å²) in [6, 6.07) is 5.51. The van der Waals surface area contributed by atoms with Crippen LogP contribution in [0.1, 0.15) is 6.92 Å². The van der Waals surface area contributed by atoms with Gasteiger partial charge in [0.1, 0.15) is 17.0 Å². The monoisotopic (exact) mass is 403 g/mol. The highest BCUT2D eigenvalue weighted by atomic mass is 31.2. The molecule has 1 aliphatic heterocycles. The van der Waals surface area contributed by atoms with Crippen LogP contribution in [0.2, 0.25) is 0 Å². The molecular formula is C18H22N5O4P. The third-order valence-electron chi connectivity index (χ3n) is 4.89. The number of H-pyrrole nitrogens is 1. The number of pyridine rings is 2. The van der Waals surface area contributed by atoms with Gasteiger partial charge in [0.15, 0.2) is 0 Å². The molecule has 4 rings (SSSR count). The fourth-order valence-electron chi connectivity index (χ4n) is 3.42. The number of nitrogens with zero attached hydrogens (tertiary/aromatic N) is 4. The van der Waals surface area contributed by atoms with E-state index in [2.05, 4.69) is 27.0 Å². The minimum Gasteiger partial charge on any atom is -0.377 e. The topological polar surface area (TPSA) is 102 Å². The van der Waals surface area contributed by atoms with E-state index in [4.69, 9.17) is 18.8 Å². The van der Waals surface area contributed by atoms with Crippen molar-refractivity contribution in [2.24, 2.45) is 0 Å². The molecule has 1 fully saturated rings. The summed E-state index contributed by atoms with van der Waals surface area (Å²) in [5.41, 5.74) is 1.95. The lowest BCUT2D eigenvalue weighted by molar-refractivity contribution is 0.0986. The van der Waals surface area contributed by atoms with E-state index < -0.39 is 7.60 Å². The lowest BCUT2D eigenvalue weighted by Gasteiger charge is -2.35. The number of aromatic nitrogens is 4. The van der Waals surface area contributed by atoms with Crippen LogP contribution in [0.5, 0.6) is 0 Å². The zero-order chi connectivity index (χ0) is 19.7. The van der Waals surface area contributed by atoms with Gasteiger partial charge in [-0.05, 0) is 25.1 Å². The predicted molar refractivity (Wildman–Crippen MR) is 106 cm³/mol. The van der Waals surface area contributed by atoms with Crippen molar-refractivity contribution in [3.63, 3.8) is 0 Å². The van der Waals surface area contributed by atoms with Crippen molar-refractivity contribution in [3.8, 4) is 11.4 Å². The Balaban J connectivity index is 2.01. The normalized spacial score (nSPS) is 18.0. The van der Waals surface area contributed by atoms with Crippen LogP contribution in [0, 0.1) is 0 Å². The van der Waals surface area contributed by atoms with E-state index in [1.54, 1.807) is 24.5 Å². The fourth-order valence-corrected chi connectivity index (χ4v) is 4.71. The van der Waals surface area contributed by atoms with E-state index in [9.17, 15) is 4.57 Å². The number of hydrogen-bond donors (Lipinski definition) is 1. The van der Waals surface area contributed by atoms with E-state index in [1.807, 2.05) is 6.07 Å². The summed E-state index contributed by atoms with van der Waals surface area (Å²) in [6.07, 6.45) is 3.30. The molecule has 4 heterocycles. The molecule has 1 atom stereocenters. The molecule has 0 bridgehead atoms. The second-order valence-corrected chi connectivity index (χ2v) is 8.71. The average molecular weight is 403 g/mol. The Morgan fingerprint density at radius 1 is 1.29 bits per heavy atom.